The van der Waals surface area contributed by atoms with Crippen LogP contribution in [0.25, 0.3) is 0 Å². The fourth-order valence-electron chi connectivity index (χ4n) is 1.17. The standard InChI is InChI=1S/C7H10F3NO3/c8-7(9,10)6(13)14-5-3-1-2-4(12)11-5/h4-5,11-12H,1-3H2. The van der Waals surface area contributed by atoms with E-state index in [1.165, 1.54) is 0 Å². The molecular formula is C7H10F3NO3. The van der Waals surface area contributed by atoms with E-state index in [0.717, 1.165) is 0 Å². The van der Waals surface area contributed by atoms with Crippen molar-refractivity contribution in [1.82, 2.24) is 5.32 Å². The minimum atomic E-state index is -4.98. The van der Waals surface area contributed by atoms with Crippen LogP contribution < -0.4 is 5.32 Å². The molecular weight excluding hydrogens is 203 g/mol. The molecule has 0 bridgehead atoms. The zero-order valence-corrected chi connectivity index (χ0v) is 7.17. The number of aliphatic hydroxyl groups excluding tert-OH is 1. The highest BCUT2D eigenvalue weighted by Crippen LogP contribution is 2.20. The monoisotopic (exact) mass is 213 g/mol. The number of aliphatic hydroxyl groups is 1. The first kappa shape index (κ1) is 11.3. The number of carbonyl (C=O) groups excluding carboxylic acids is 1. The van der Waals surface area contributed by atoms with Crippen LogP contribution in [0.2, 0.25) is 0 Å². The molecule has 7 heteroatoms. The molecule has 1 saturated heterocycles. The van der Waals surface area contributed by atoms with Gasteiger partial charge in [-0.25, -0.2) is 4.79 Å². The largest absolute Gasteiger partial charge is 0.490 e. The molecule has 1 aliphatic rings. The summed E-state index contributed by atoms with van der Waals surface area (Å²) in [7, 11) is 0. The summed E-state index contributed by atoms with van der Waals surface area (Å²) < 4.78 is 39.3. The second kappa shape index (κ2) is 4.14. The Kier molecular flexibility index (Phi) is 3.33. The van der Waals surface area contributed by atoms with Gasteiger partial charge in [-0.1, -0.05) is 0 Å². The van der Waals surface area contributed by atoms with E-state index in [1.54, 1.807) is 0 Å². The number of alkyl halides is 3. The summed E-state index contributed by atoms with van der Waals surface area (Å²) in [6.07, 6.45) is -5.70. The third kappa shape index (κ3) is 3.15. The maximum Gasteiger partial charge on any atom is 0.490 e. The molecule has 0 saturated carbocycles. The zero-order chi connectivity index (χ0) is 10.8. The fraction of sp³-hybridized carbons (Fsp3) is 0.857. The van der Waals surface area contributed by atoms with Gasteiger partial charge < -0.3 is 9.84 Å². The average Bonchev–Trinajstić information content (AvgIpc) is 2.02. The highest BCUT2D eigenvalue weighted by Gasteiger charge is 2.42. The number of carbonyl (C=O) groups is 1. The highest BCUT2D eigenvalue weighted by molar-refractivity contribution is 5.75. The van der Waals surface area contributed by atoms with Crippen molar-refractivity contribution < 1.29 is 27.8 Å². The Morgan fingerprint density at radius 1 is 1.43 bits per heavy atom. The van der Waals surface area contributed by atoms with Crippen molar-refractivity contribution >= 4 is 5.97 Å². The SMILES string of the molecule is O=C(OC1CCCC(O)N1)C(F)(F)F. The summed E-state index contributed by atoms with van der Waals surface area (Å²) in [5, 5.41) is 11.3. The first-order chi connectivity index (χ1) is 6.39. The third-order valence-electron chi connectivity index (χ3n) is 1.80. The molecule has 0 aromatic heterocycles. The third-order valence-corrected chi connectivity index (χ3v) is 1.80. The lowest BCUT2D eigenvalue weighted by Crippen LogP contribution is -2.46. The molecule has 0 aromatic carbocycles. The Labute approximate surface area is 78.0 Å². The minimum absolute atomic E-state index is 0.277. The lowest BCUT2D eigenvalue weighted by atomic mass is 10.1. The second-order valence-electron chi connectivity index (χ2n) is 3.01. The lowest BCUT2D eigenvalue weighted by molar-refractivity contribution is -0.209. The van der Waals surface area contributed by atoms with Crippen LogP contribution >= 0.6 is 0 Å². The van der Waals surface area contributed by atoms with Gasteiger partial charge in [0.25, 0.3) is 0 Å². The normalized spacial score (nSPS) is 28.6. The van der Waals surface area contributed by atoms with E-state index in [0.29, 0.717) is 12.8 Å². The maximum absolute atomic E-state index is 11.7. The van der Waals surface area contributed by atoms with E-state index in [9.17, 15) is 18.0 Å². The van der Waals surface area contributed by atoms with E-state index in [-0.39, 0.29) is 6.42 Å². The fourth-order valence-corrected chi connectivity index (χ4v) is 1.17. The zero-order valence-electron chi connectivity index (χ0n) is 7.17. The predicted octanol–water partition coefficient (Wildman–Crippen LogP) is 0.510. The number of esters is 1. The van der Waals surface area contributed by atoms with Crippen LogP contribution in [-0.2, 0) is 9.53 Å². The number of hydrogen-bond donors (Lipinski definition) is 2. The van der Waals surface area contributed by atoms with Crippen LogP contribution in [-0.4, -0.2) is 29.7 Å². The maximum atomic E-state index is 11.7. The summed E-state index contributed by atoms with van der Waals surface area (Å²) in [6.45, 7) is 0. The Bertz CT molecular complexity index is 219. The van der Waals surface area contributed by atoms with Crippen molar-refractivity contribution in [3.05, 3.63) is 0 Å². The summed E-state index contributed by atoms with van der Waals surface area (Å²) in [5.41, 5.74) is 0. The Balaban J connectivity index is 2.40. The Morgan fingerprint density at radius 2 is 2.07 bits per heavy atom. The topological polar surface area (TPSA) is 58.6 Å². The van der Waals surface area contributed by atoms with Crippen LogP contribution in [0.3, 0.4) is 0 Å². The molecule has 2 atom stereocenters. The summed E-state index contributed by atoms with van der Waals surface area (Å²) in [6, 6.07) is 0. The van der Waals surface area contributed by atoms with E-state index in [2.05, 4.69) is 10.1 Å². The number of piperidine rings is 1. The van der Waals surface area contributed by atoms with Gasteiger partial charge in [-0.3, -0.25) is 5.32 Å². The molecule has 82 valence electrons. The number of hydrogen-bond acceptors (Lipinski definition) is 4. The summed E-state index contributed by atoms with van der Waals surface area (Å²) >= 11 is 0. The number of nitrogens with one attached hydrogen (secondary N) is 1. The van der Waals surface area contributed by atoms with Crippen LogP contribution in [0.15, 0.2) is 0 Å². The Morgan fingerprint density at radius 3 is 2.57 bits per heavy atom. The van der Waals surface area contributed by atoms with Crippen molar-refractivity contribution in [2.75, 3.05) is 0 Å². The van der Waals surface area contributed by atoms with Crippen LogP contribution in [0.5, 0.6) is 0 Å². The molecule has 0 spiro atoms. The number of rotatable bonds is 1. The molecule has 1 heterocycles. The van der Waals surface area contributed by atoms with Gasteiger partial charge in [0.05, 0.1) is 0 Å². The van der Waals surface area contributed by atoms with Crippen molar-refractivity contribution in [2.45, 2.75) is 37.9 Å². The van der Waals surface area contributed by atoms with Gasteiger partial charge in [-0.05, 0) is 19.3 Å². The molecule has 2 N–H and O–H groups in total. The quantitative estimate of drug-likeness (QED) is 0.623. The molecule has 0 amide bonds. The predicted molar refractivity (Wildman–Crippen MR) is 38.9 cm³/mol. The first-order valence-corrected chi connectivity index (χ1v) is 4.11. The number of ether oxygens (including phenoxy) is 1. The van der Waals surface area contributed by atoms with Gasteiger partial charge >= 0.3 is 12.1 Å². The molecule has 0 aliphatic carbocycles. The van der Waals surface area contributed by atoms with Crippen LogP contribution in [0.1, 0.15) is 19.3 Å². The molecule has 0 radical (unpaired) electrons. The average molecular weight is 213 g/mol. The highest BCUT2D eigenvalue weighted by atomic mass is 19.4. The number of halogens is 3. The summed E-state index contributed by atoms with van der Waals surface area (Å²) in [4.78, 5) is 10.4. The van der Waals surface area contributed by atoms with Crippen molar-refractivity contribution in [1.29, 1.82) is 0 Å². The van der Waals surface area contributed by atoms with Gasteiger partial charge in [0.1, 0.15) is 6.23 Å². The van der Waals surface area contributed by atoms with Crippen LogP contribution in [0, 0.1) is 0 Å². The molecule has 0 aromatic rings. The van der Waals surface area contributed by atoms with Crippen molar-refractivity contribution in [3.63, 3.8) is 0 Å². The van der Waals surface area contributed by atoms with Crippen molar-refractivity contribution in [2.24, 2.45) is 0 Å². The van der Waals surface area contributed by atoms with E-state index >= 15 is 0 Å². The molecule has 1 fully saturated rings. The summed E-state index contributed by atoms with van der Waals surface area (Å²) in [5.74, 6) is -2.23. The Hall–Kier alpha value is -0.820. The van der Waals surface area contributed by atoms with Gasteiger partial charge in [-0.15, -0.1) is 0 Å². The van der Waals surface area contributed by atoms with E-state index in [4.69, 9.17) is 5.11 Å². The van der Waals surface area contributed by atoms with Crippen LogP contribution in [0.4, 0.5) is 13.2 Å². The second-order valence-corrected chi connectivity index (χ2v) is 3.01. The van der Waals surface area contributed by atoms with E-state index < -0.39 is 24.6 Å². The van der Waals surface area contributed by atoms with Gasteiger partial charge in [0.15, 0.2) is 6.23 Å². The van der Waals surface area contributed by atoms with Gasteiger partial charge in [0.2, 0.25) is 0 Å². The minimum Gasteiger partial charge on any atom is -0.440 e. The lowest BCUT2D eigenvalue weighted by Gasteiger charge is -2.27. The molecule has 1 rings (SSSR count). The molecule has 14 heavy (non-hydrogen) atoms. The molecule has 4 nitrogen and oxygen atoms in total. The molecule has 1 aliphatic heterocycles. The van der Waals surface area contributed by atoms with Crippen molar-refractivity contribution in [3.8, 4) is 0 Å². The van der Waals surface area contributed by atoms with Gasteiger partial charge in [0, 0.05) is 0 Å². The van der Waals surface area contributed by atoms with E-state index in [1.807, 2.05) is 0 Å². The molecule has 2 unspecified atom stereocenters. The first-order valence-electron chi connectivity index (χ1n) is 4.11. The smallest absolute Gasteiger partial charge is 0.440 e. The van der Waals surface area contributed by atoms with Gasteiger partial charge in [-0.2, -0.15) is 13.2 Å².